The van der Waals surface area contributed by atoms with Crippen molar-refractivity contribution in [2.75, 3.05) is 12.4 Å². The molecule has 0 amide bonds. The fourth-order valence-electron chi connectivity index (χ4n) is 3.46. The first kappa shape index (κ1) is 15.7. The highest BCUT2D eigenvalue weighted by atomic mass is 16.5. The van der Waals surface area contributed by atoms with Crippen LogP contribution in [0.1, 0.15) is 42.9 Å². The van der Waals surface area contributed by atoms with Crippen molar-refractivity contribution < 1.29 is 9.84 Å². The third kappa shape index (κ3) is 3.44. The van der Waals surface area contributed by atoms with Crippen LogP contribution in [0.3, 0.4) is 0 Å². The zero-order chi connectivity index (χ0) is 16.4. The van der Waals surface area contributed by atoms with Gasteiger partial charge in [-0.1, -0.05) is 12.1 Å². The lowest BCUT2D eigenvalue weighted by atomic mass is 9.79. The first-order valence-electron chi connectivity index (χ1n) is 8.32. The van der Waals surface area contributed by atoms with Crippen LogP contribution in [-0.4, -0.2) is 18.3 Å². The van der Waals surface area contributed by atoms with Crippen LogP contribution in [0.2, 0.25) is 0 Å². The molecule has 0 saturated carbocycles. The molecular weight excluding hydrogens is 286 g/mol. The lowest BCUT2D eigenvalue weighted by molar-refractivity contribution is 0.414. The van der Waals surface area contributed by atoms with E-state index < -0.39 is 0 Å². The van der Waals surface area contributed by atoms with Gasteiger partial charge in [0.1, 0.15) is 11.5 Å². The number of aryl methyl sites for hydroxylation is 1. The summed E-state index contributed by atoms with van der Waals surface area (Å²) in [5.74, 6) is 1.76. The molecule has 3 nitrogen and oxygen atoms in total. The van der Waals surface area contributed by atoms with Crippen molar-refractivity contribution in [3.05, 3.63) is 53.1 Å². The number of rotatable bonds is 4. The van der Waals surface area contributed by atoms with Crippen LogP contribution in [-0.2, 0) is 12.8 Å². The maximum atomic E-state index is 9.65. The van der Waals surface area contributed by atoms with Gasteiger partial charge in [-0.15, -0.1) is 0 Å². The molecule has 1 unspecified atom stereocenters. The first-order chi connectivity index (χ1) is 11.1. The second kappa shape index (κ2) is 6.53. The van der Waals surface area contributed by atoms with E-state index in [0.29, 0.717) is 17.7 Å². The number of ether oxygens (including phenoxy) is 1. The standard InChI is InChI=1S/C20H25NO2/c1-13(2)21-20-12-18(23-3)8-9-19(20)16-5-4-15-11-17(22)7-6-14(15)10-16/h6-9,11-13,16,21-22H,4-5,10H2,1-3H3. The van der Waals surface area contributed by atoms with Gasteiger partial charge in [-0.05, 0) is 73.9 Å². The summed E-state index contributed by atoms with van der Waals surface area (Å²) >= 11 is 0. The third-order valence-corrected chi connectivity index (χ3v) is 4.56. The number of aromatic hydroxyl groups is 1. The SMILES string of the molecule is COc1ccc(C2CCc3cc(O)ccc3C2)c(NC(C)C)c1. The molecule has 122 valence electrons. The summed E-state index contributed by atoms with van der Waals surface area (Å²) in [6.07, 6.45) is 3.14. The van der Waals surface area contributed by atoms with Crippen LogP contribution in [0.5, 0.6) is 11.5 Å². The van der Waals surface area contributed by atoms with E-state index in [9.17, 15) is 5.11 Å². The van der Waals surface area contributed by atoms with Crippen LogP contribution >= 0.6 is 0 Å². The Kier molecular flexibility index (Phi) is 4.46. The van der Waals surface area contributed by atoms with Gasteiger partial charge in [0.05, 0.1) is 7.11 Å². The highest BCUT2D eigenvalue weighted by Crippen LogP contribution is 2.38. The lowest BCUT2D eigenvalue weighted by Crippen LogP contribution is -2.17. The number of phenols is 1. The fourth-order valence-corrected chi connectivity index (χ4v) is 3.46. The summed E-state index contributed by atoms with van der Waals surface area (Å²) in [6.45, 7) is 4.31. The van der Waals surface area contributed by atoms with Crippen molar-refractivity contribution >= 4 is 5.69 Å². The second-order valence-corrected chi connectivity index (χ2v) is 6.64. The van der Waals surface area contributed by atoms with Crippen molar-refractivity contribution in [3.63, 3.8) is 0 Å². The Morgan fingerprint density at radius 3 is 2.70 bits per heavy atom. The van der Waals surface area contributed by atoms with E-state index in [1.165, 1.54) is 22.4 Å². The van der Waals surface area contributed by atoms with Gasteiger partial charge >= 0.3 is 0 Å². The summed E-state index contributed by atoms with van der Waals surface area (Å²) in [5, 5.41) is 13.2. The monoisotopic (exact) mass is 311 g/mol. The van der Waals surface area contributed by atoms with Gasteiger partial charge < -0.3 is 15.2 Å². The smallest absolute Gasteiger partial charge is 0.120 e. The predicted molar refractivity (Wildman–Crippen MR) is 94.6 cm³/mol. The predicted octanol–water partition coefficient (Wildman–Crippen LogP) is 4.49. The highest BCUT2D eigenvalue weighted by molar-refractivity contribution is 5.58. The molecule has 0 heterocycles. The number of benzene rings is 2. The third-order valence-electron chi connectivity index (χ3n) is 4.56. The Morgan fingerprint density at radius 1 is 1.13 bits per heavy atom. The molecule has 3 heteroatoms. The maximum Gasteiger partial charge on any atom is 0.120 e. The minimum atomic E-state index is 0.369. The van der Waals surface area contributed by atoms with Gasteiger partial charge in [-0.25, -0.2) is 0 Å². The average molecular weight is 311 g/mol. The molecule has 0 radical (unpaired) electrons. The quantitative estimate of drug-likeness (QED) is 0.874. The van der Waals surface area contributed by atoms with Crippen molar-refractivity contribution in [2.24, 2.45) is 0 Å². The second-order valence-electron chi connectivity index (χ2n) is 6.64. The topological polar surface area (TPSA) is 41.5 Å². The summed E-state index contributed by atoms with van der Waals surface area (Å²) in [4.78, 5) is 0. The number of hydrogen-bond donors (Lipinski definition) is 2. The van der Waals surface area contributed by atoms with E-state index in [-0.39, 0.29) is 0 Å². The van der Waals surface area contributed by atoms with E-state index in [1.807, 2.05) is 12.1 Å². The van der Waals surface area contributed by atoms with Crippen molar-refractivity contribution in [1.29, 1.82) is 0 Å². The normalized spacial score (nSPS) is 17.0. The number of anilines is 1. The molecule has 0 saturated heterocycles. The zero-order valence-corrected chi connectivity index (χ0v) is 14.1. The minimum absolute atomic E-state index is 0.369. The van der Waals surface area contributed by atoms with Gasteiger partial charge in [0.25, 0.3) is 0 Å². The summed E-state index contributed by atoms with van der Waals surface area (Å²) in [6, 6.07) is 12.5. The fraction of sp³-hybridized carbons (Fsp3) is 0.400. The molecule has 1 aliphatic rings. The Morgan fingerprint density at radius 2 is 1.96 bits per heavy atom. The van der Waals surface area contributed by atoms with Crippen molar-refractivity contribution in [3.8, 4) is 11.5 Å². The zero-order valence-electron chi connectivity index (χ0n) is 14.1. The Bertz CT molecular complexity index is 694. The molecule has 2 aromatic carbocycles. The summed E-state index contributed by atoms with van der Waals surface area (Å²) in [5.41, 5.74) is 5.17. The van der Waals surface area contributed by atoms with Crippen LogP contribution in [0.15, 0.2) is 36.4 Å². The van der Waals surface area contributed by atoms with Gasteiger partial charge in [0.15, 0.2) is 0 Å². The highest BCUT2D eigenvalue weighted by Gasteiger charge is 2.23. The molecule has 2 aromatic rings. The molecule has 0 bridgehead atoms. The van der Waals surface area contributed by atoms with E-state index in [1.54, 1.807) is 13.2 Å². The molecule has 3 rings (SSSR count). The van der Waals surface area contributed by atoms with E-state index >= 15 is 0 Å². The molecule has 0 spiro atoms. The van der Waals surface area contributed by atoms with Crippen molar-refractivity contribution in [1.82, 2.24) is 0 Å². The number of nitrogens with one attached hydrogen (secondary N) is 1. The van der Waals surface area contributed by atoms with Crippen molar-refractivity contribution in [2.45, 2.75) is 45.1 Å². The Balaban J connectivity index is 1.91. The van der Waals surface area contributed by atoms with Crippen LogP contribution < -0.4 is 10.1 Å². The molecule has 2 N–H and O–H groups in total. The van der Waals surface area contributed by atoms with Crippen LogP contribution in [0, 0.1) is 0 Å². The molecule has 1 atom stereocenters. The molecule has 23 heavy (non-hydrogen) atoms. The number of hydrogen-bond acceptors (Lipinski definition) is 3. The van der Waals surface area contributed by atoms with E-state index in [0.717, 1.165) is 25.0 Å². The Labute approximate surface area is 138 Å². The van der Waals surface area contributed by atoms with Gasteiger partial charge in [0, 0.05) is 17.8 Å². The van der Waals surface area contributed by atoms with Gasteiger partial charge in [-0.2, -0.15) is 0 Å². The number of phenolic OH excluding ortho intramolecular Hbond substituents is 1. The van der Waals surface area contributed by atoms with Gasteiger partial charge in [0.2, 0.25) is 0 Å². The molecular formula is C20H25NO2. The molecule has 0 aliphatic heterocycles. The summed E-state index contributed by atoms with van der Waals surface area (Å²) < 4.78 is 5.38. The van der Waals surface area contributed by atoms with Crippen LogP contribution in [0.25, 0.3) is 0 Å². The maximum absolute atomic E-state index is 9.65. The van der Waals surface area contributed by atoms with E-state index in [4.69, 9.17) is 4.74 Å². The average Bonchev–Trinajstić information content (AvgIpc) is 2.53. The number of methoxy groups -OCH3 is 1. The lowest BCUT2D eigenvalue weighted by Gasteiger charge is -2.28. The molecule has 1 aliphatic carbocycles. The first-order valence-corrected chi connectivity index (χ1v) is 8.32. The Hall–Kier alpha value is -2.16. The molecule has 0 fully saturated rings. The van der Waals surface area contributed by atoms with E-state index in [2.05, 4.69) is 37.4 Å². The summed E-state index contributed by atoms with van der Waals surface area (Å²) in [7, 11) is 1.71. The largest absolute Gasteiger partial charge is 0.508 e. The minimum Gasteiger partial charge on any atom is -0.508 e. The van der Waals surface area contributed by atoms with Crippen LogP contribution in [0.4, 0.5) is 5.69 Å². The molecule has 0 aromatic heterocycles. The number of fused-ring (bicyclic) bond motifs is 1. The van der Waals surface area contributed by atoms with Gasteiger partial charge in [-0.3, -0.25) is 0 Å².